The van der Waals surface area contributed by atoms with Gasteiger partial charge in [0.05, 0.1) is 12.0 Å². The van der Waals surface area contributed by atoms with Crippen LogP contribution in [0.25, 0.3) is 20.7 Å². The van der Waals surface area contributed by atoms with E-state index in [0.717, 1.165) is 10.4 Å². The van der Waals surface area contributed by atoms with Gasteiger partial charge in [0.1, 0.15) is 16.2 Å². The Bertz CT molecular complexity index is 998. The van der Waals surface area contributed by atoms with E-state index in [9.17, 15) is 9.59 Å². The molecule has 0 amide bonds. The van der Waals surface area contributed by atoms with Gasteiger partial charge in [-0.25, -0.2) is 9.78 Å². The molecule has 0 aliphatic rings. The lowest BCUT2D eigenvalue weighted by atomic mass is 10.0. The van der Waals surface area contributed by atoms with E-state index in [4.69, 9.17) is 9.72 Å². The van der Waals surface area contributed by atoms with Gasteiger partial charge in [0.2, 0.25) is 0 Å². The molecule has 0 unspecified atom stereocenters. The lowest BCUT2D eigenvalue weighted by Crippen LogP contribution is -2.46. The lowest BCUT2D eigenvalue weighted by molar-refractivity contribution is -0.152. The van der Waals surface area contributed by atoms with Gasteiger partial charge in [0.25, 0.3) is 5.56 Å². The van der Waals surface area contributed by atoms with Crippen LogP contribution >= 0.6 is 22.7 Å². The zero-order valence-corrected chi connectivity index (χ0v) is 17.2. The molecule has 0 spiro atoms. The van der Waals surface area contributed by atoms with Gasteiger partial charge in [0, 0.05) is 21.7 Å². The summed E-state index contributed by atoms with van der Waals surface area (Å²) in [7, 11) is 0. The van der Waals surface area contributed by atoms with E-state index in [1.165, 1.54) is 15.9 Å². The number of hydrogen-bond donors (Lipinski definition) is 0. The molecule has 7 heteroatoms. The van der Waals surface area contributed by atoms with Crippen molar-refractivity contribution in [3.05, 3.63) is 39.1 Å². The summed E-state index contributed by atoms with van der Waals surface area (Å²) in [5, 5.41) is 4.52. The Balaban J connectivity index is 2.35. The van der Waals surface area contributed by atoms with Crippen molar-refractivity contribution < 1.29 is 9.53 Å². The van der Waals surface area contributed by atoms with E-state index in [0.29, 0.717) is 16.0 Å². The van der Waals surface area contributed by atoms with Gasteiger partial charge in [-0.05, 0) is 32.2 Å². The SMILES string of the molecule is CCOC(=O)C(C)(C)n1c(C(C)C)nc2scc(-c3cccs3)c2c1=O. The number of fused-ring (bicyclic) bond motifs is 1. The van der Waals surface area contributed by atoms with Gasteiger partial charge in [-0.3, -0.25) is 9.36 Å². The van der Waals surface area contributed by atoms with E-state index in [1.807, 2.05) is 36.7 Å². The van der Waals surface area contributed by atoms with E-state index < -0.39 is 11.5 Å². The Hall–Kier alpha value is -1.99. The third-order valence-electron chi connectivity index (χ3n) is 4.27. The molecule has 0 atom stereocenters. The van der Waals surface area contributed by atoms with Gasteiger partial charge in [-0.15, -0.1) is 22.7 Å². The average Bonchev–Trinajstić information content (AvgIpc) is 3.23. The van der Waals surface area contributed by atoms with Crippen molar-refractivity contribution in [1.82, 2.24) is 9.55 Å². The Morgan fingerprint density at radius 2 is 2.08 bits per heavy atom. The third-order valence-corrected chi connectivity index (χ3v) is 6.05. The normalized spacial score (nSPS) is 12.1. The minimum Gasteiger partial charge on any atom is -0.464 e. The van der Waals surface area contributed by atoms with Crippen molar-refractivity contribution in [2.45, 2.75) is 46.1 Å². The summed E-state index contributed by atoms with van der Waals surface area (Å²) in [5.74, 6) is 0.159. The highest BCUT2D eigenvalue weighted by molar-refractivity contribution is 7.18. The van der Waals surface area contributed by atoms with Gasteiger partial charge < -0.3 is 4.74 Å². The maximum atomic E-state index is 13.5. The summed E-state index contributed by atoms with van der Waals surface area (Å²) >= 11 is 3.04. The summed E-state index contributed by atoms with van der Waals surface area (Å²) in [6.07, 6.45) is 0. The van der Waals surface area contributed by atoms with Crippen molar-refractivity contribution in [2.75, 3.05) is 6.61 Å². The van der Waals surface area contributed by atoms with Crippen molar-refractivity contribution in [1.29, 1.82) is 0 Å². The monoisotopic (exact) mass is 390 g/mol. The van der Waals surface area contributed by atoms with Gasteiger partial charge in [0.15, 0.2) is 0 Å². The first-order valence-electron chi connectivity index (χ1n) is 8.54. The van der Waals surface area contributed by atoms with Gasteiger partial charge in [-0.1, -0.05) is 19.9 Å². The molecule has 0 radical (unpaired) electrons. The molecule has 0 aromatic carbocycles. The second-order valence-corrected chi connectivity index (χ2v) is 8.66. The van der Waals surface area contributed by atoms with Crippen LogP contribution < -0.4 is 5.56 Å². The quantitative estimate of drug-likeness (QED) is 0.597. The summed E-state index contributed by atoms with van der Waals surface area (Å²) in [6, 6.07) is 3.95. The van der Waals surface area contributed by atoms with Crippen LogP contribution in [0.4, 0.5) is 0 Å². The van der Waals surface area contributed by atoms with Crippen LogP contribution in [0.2, 0.25) is 0 Å². The number of hydrogen-bond acceptors (Lipinski definition) is 6. The molecule has 0 bridgehead atoms. The average molecular weight is 391 g/mol. The van der Waals surface area contributed by atoms with E-state index >= 15 is 0 Å². The van der Waals surface area contributed by atoms with Gasteiger partial charge in [-0.2, -0.15) is 0 Å². The molecule has 5 nitrogen and oxygen atoms in total. The summed E-state index contributed by atoms with van der Waals surface area (Å²) in [6.45, 7) is 9.39. The topological polar surface area (TPSA) is 61.2 Å². The highest BCUT2D eigenvalue weighted by atomic mass is 32.1. The van der Waals surface area contributed by atoms with Crippen LogP contribution in [-0.4, -0.2) is 22.1 Å². The molecule has 26 heavy (non-hydrogen) atoms. The molecular formula is C19H22N2O3S2. The number of thiophene rings is 2. The molecule has 3 aromatic rings. The lowest BCUT2D eigenvalue weighted by Gasteiger charge is -2.28. The second-order valence-electron chi connectivity index (χ2n) is 6.85. The number of esters is 1. The number of rotatable bonds is 5. The fraction of sp³-hybridized carbons (Fsp3) is 0.421. The van der Waals surface area contributed by atoms with Crippen LogP contribution in [0.15, 0.2) is 27.7 Å². The number of carbonyl (C=O) groups is 1. The van der Waals surface area contributed by atoms with Crippen molar-refractivity contribution in [2.24, 2.45) is 0 Å². The molecule has 0 saturated heterocycles. The molecular weight excluding hydrogens is 368 g/mol. The second kappa shape index (κ2) is 6.96. The minimum absolute atomic E-state index is 0.00640. The molecule has 0 saturated carbocycles. The zero-order chi connectivity index (χ0) is 19.1. The predicted molar refractivity (Wildman–Crippen MR) is 107 cm³/mol. The summed E-state index contributed by atoms with van der Waals surface area (Å²) in [4.78, 5) is 32.6. The van der Waals surface area contributed by atoms with Crippen LogP contribution in [0.5, 0.6) is 0 Å². The highest BCUT2D eigenvalue weighted by Gasteiger charge is 2.36. The summed E-state index contributed by atoms with van der Waals surface area (Å²) in [5.41, 5.74) is -0.453. The Kier molecular flexibility index (Phi) is 5.03. The fourth-order valence-corrected chi connectivity index (χ4v) is 4.71. The number of nitrogens with zero attached hydrogens (tertiary/aromatic N) is 2. The molecule has 0 fully saturated rings. The minimum atomic E-state index is -1.14. The maximum absolute atomic E-state index is 13.5. The largest absolute Gasteiger partial charge is 0.464 e. The molecule has 3 heterocycles. The molecule has 3 aromatic heterocycles. The van der Waals surface area contributed by atoms with Crippen LogP contribution in [0.1, 0.15) is 46.4 Å². The number of carbonyl (C=O) groups excluding carboxylic acids is 1. The van der Waals surface area contributed by atoms with Gasteiger partial charge >= 0.3 is 5.97 Å². The first kappa shape index (κ1) is 18.8. The maximum Gasteiger partial charge on any atom is 0.331 e. The van der Waals surface area contributed by atoms with Crippen LogP contribution in [0, 0.1) is 0 Å². The number of ether oxygens (including phenoxy) is 1. The standard InChI is InChI=1S/C19H22N2O3S2/c1-6-24-18(23)19(4,5)21-15(11(2)3)20-16-14(17(21)22)12(10-26-16)13-8-7-9-25-13/h7-11H,6H2,1-5H3. The van der Waals surface area contributed by atoms with Crippen LogP contribution in [-0.2, 0) is 15.1 Å². The third kappa shape index (κ3) is 2.99. The van der Waals surface area contributed by atoms with Crippen molar-refractivity contribution in [3.63, 3.8) is 0 Å². The van der Waals surface area contributed by atoms with E-state index in [1.54, 1.807) is 32.1 Å². The Labute approximate surface area is 160 Å². The van der Waals surface area contributed by atoms with Crippen molar-refractivity contribution in [3.8, 4) is 10.4 Å². The van der Waals surface area contributed by atoms with E-state index in [-0.39, 0.29) is 18.1 Å². The zero-order valence-electron chi connectivity index (χ0n) is 15.5. The first-order valence-corrected chi connectivity index (χ1v) is 10.3. The molecule has 138 valence electrons. The Morgan fingerprint density at radius 1 is 1.35 bits per heavy atom. The van der Waals surface area contributed by atoms with Crippen molar-refractivity contribution >= 4 is 38.9 Å². The predicted octanol–water partition coefficient (Wildman–Crippen LogP) is 4.61. The molecule has 0 aliphatic carbocycles. The Morgan fingerprint density at radius 3 is 2.65 bits per heavy atom. The highest BCUT2D eigenvalue weighted by Crippen LogP contribution is 2.35. The molecule has 0 aliphatic heterocycles. The van der Waals surface area contributed by atoms with Crippen LogP contribution in [0.3, 0.4) is 0 Å². The summed E-state index contributed by atoms with van der Waals surface area (Å²) < 4.78 is 6.74. The molecule has 0 N–H and O–H groups in total. The smallest absolute Gasteiger partial charge is 0.331 e. The molecule has 3 rings (SSSR count). The fourth-order valence-electron chi connectivity index (χ4n) is 2.95. The number of aromatic nitrogens is 2. The first-order chi connectivity index (χ1) is 12.3. The van der Waals surface area contributed by atoms with E-state index in [2.05, 4.69) is 0 Å².